The van der Waals surface area contributed by atoms with E-state index in [4.69, 9.17) is 0 Å². The lowest BCUT2D eigenvalue weighted by molar-refractivity contribution is -0.145. The number of hydrogen-bond donors (Lipinski definition) is 2. The summed E-state index contributed by atoms with van der Waals surface area (Å²) < 4.78 is 13.7. The molecule has 8 aliphatic rings. The Labute approximate surface area is 196 Å². The van der Waals surface area contributed by atoms with Gasteiger partial charge >= 0.3 is 0 Å². The summed E-state index contributed by atoms with van der Waals surface area (Å²) in [6.07, 6.45) is 12.1. The van der Waals surface area contributed by atoms with Crippen molar-refractivity contribution < 1.29 is 14.0 Å². The number of amides is 2. The number of halogens is 1. The topological polar surface area (TPSA) is 85.2 Å². The molecule has 180 valence electrons. The van der Waals surface area contributed by atoms with Gasteiger partial charge in [-0.3, -0.25) is 9.59 Å². The minimum absolute atomic E-state index is 0.0271. The summed E-state index contributed by atoms with van der Waals surface area (Å²) in [6, 6.07) is 1.41. The van der Waals surface area contributed by atoms with E-state index in [2.05, 4.69) is 16.7 Å². The first-order valence-electron chi connectivity index (χ1n) is 13.2. The molecule has 8 rings (SSSR count). The molecule has 2 amide bonds. The fraction of sp³-hybridized carbons (Fsp3) is 0.885. The van der Waals surface area contributed by atoms with Crippen LogP contribution < -0.4 is 10.6 Å². The van der Waals surface area contributed by atoms with Crippen LogP contribution in [0, 0.1) is 34.5 Å². The highest BCUT2D eigenvalue weighted by molar-refractivity contribution is 5.84. The van der Waals surface area contributed by atoms with Crippen LogP contribution in [0.15, 0.2) is 0 Å². The maximum Gasteiger partial charge on any atom is 0.237 e. The van der Waals surface area contributed by atoms with Gasteiger partial charge in [0.05, 0.1) is 19.2 Å². The number of carbonyl (C=O) groups is 2. The van der Waals surface area contributed by atoms with Crippen LogP contribution in [-0.2, 0) is 9.59 Å². The third kappa shape index (κ3) is 3.68. The standard InChI is InChI=1S/C26H37FN4O2/c27-20-10-21(14-28)31(16-20)22(32)15-29-25-4-1-24(2-5-25,3-6-25)23(33)30-26-11-17-7-18(12-26)9-19(8-17)13-26/h17-21,29H,1-13,15-16H2,(H,30,33)/t17?,18?,19?,20-,21-,24?,25?,26?/m0/s1. The van der Waals surface area contributed by atoms with Gasteiger partial charge in [0.25, 0.3) is 0 Å². The molecule has 1 heterocycles. The average Bonchev–Trinajstić information content (AvgIpc) is 3.18. The molecule has 2 atom stereocenters. The highest BCUT2D eigenvalue weighted by atomic mass is 19.1. The Morgan fingerprint density at radius 2 is 1.48 bits per heavy atom. The van der Waals surface area contributed by atoms with E-state index in [1.165, 1.54) is 43.4 Å². The Morgan fingerprint density at radius 1 is 0.909 bits per heavy atom. The van der Waals surface area contributed by atoms with Crippen molar-refractivity contribution in [1.29, 1.82) is 5.26 Å². The summed E-state index contributed by atoms with van der Waals surface area (Å²) in [5.74, 6) is 2.59. The van der Waals surface area contributed by atoms with Crippen molar-refractivity contribution in [3.8, 4) is 6.07 Å². The van der Waals surface area contributed by atoms with E-state index in [0.29, 0.717) is 5.91 Å². The zero-order valence-corrected chi connectivity index (χ0v) is 19.6. The molecule has 0 unspecified atom stereocenters. The van der Waals surface area contributed by atoms with Crippen LogP contribution in [0.3, 0.4) is 0 Å². The van der Waals surface area contributed by atoms with Gasteiger partial charge in [-0.2, -0.15) is 5.26 Å². The second kappa shape index (κ2) is 7.66. The molecule has 7 saturated carbocycles. The number of alkyl halides is 1. The lowest BCUT2D eigenvalue weighted by Crippen LogP contribution is -2.65. The molecule has 8 fully saturated rings. The number of hydrogen-bond acceptors (Lipinski definition) is 4. The zero-order valence-electron chi connectivity index (χ0n) is 19.6. The highest BCUT2D eigenvalue weighted by Crippen LogP contribution is 2.57. The minimum Gasteiger partial charge on any atom is -0.350 e. The second-order valence-electron chi connectivity index (χ2n) is 12.6. The molecular formula is C26H37FN4O2. The van der Waals surface area contributed by atoms with E-state index in [1.807, 2.05) is 0 Å². The van der Waals surface area contributed by atoms with Crippen molar-refractivity contribution in [2.24, 2.45) is 23.2 Å². The molecule has 0 aromatic rings. The van der Waals surface area contributed by atoms with Crippen molar-refractivity contribution >= 4 is 11.8 Å². The van der Waals surface area contributed by atoms with Gasteiger partial charge < -0.3 is 15.5 Å². The van der Waals surface area contributed by atoms with E-state index in [-0.39, 0.29) is 41.9 Å². The number of rotatable bonds is 5. The first-order chi connectivity index (χ1) is 15.8. The number of nitrogens with one attached hydrogen (secondary N) is 2. The van der Waals surface area contributed by atoms with E-state index < -0.39 is 12.2 Å². The Morgan fingerprint density at radius 3 is 2.03 bits per heavy atom. The fourth-order valence-corrected chi connectivity index (χ4v) is 8.98. The smallest absolute Gasteiger partial charge is 0.237 e. The number of fused-ring (bicyclic) bond motifs is 3. The number of carbonyl (C=O) groups excluding carboxylic acids is 2. The van der Waals surface area contributed by atoms with Gasteiger partial charge in [-0.1, -0.05) is 0 Å². The molecule has 7 heteroatoms. The normalized spacial score (nSPS) is 47.5. The minimum atomic E-state index is -1.10. The van der Waals surface area contributed by atoms with Crippen molar-refractivity contribution in [1.82, 2.24) is 15.5 Å². The fourth-order valence-electron chi connectivity index (χ4n) is 8.98. The summed E-state index contributed by atoms with van der Waals surface area (Å²) in [6.45, 7) is 0.177. The molecule has 0 radical (unpaired) electrons. The van der Waals surface area contributed by atoms with Gasteiger partial charge in [-0.25, -0.2) is 4.39 Å². The maximum atomic E-state index is 13.7. The van der Waals surface area contributed by atoms with Gasteiger partial charge in [0.1, 0.15) is 12.2 Å². The Balaban J connectivity index is 1.05. The SMILES string of the molecule is N#C[C@@H]1C[C@H](F)CN1C(=O)CNC12CCC(C(=O)NC34CC5CC(CC(C5)C3)C4)(CC1)CC2. The van der Waals surface area contributed by atoms with Crippen LogP contribution in [0.2, 0.25) is 0 Å². The molecular weight excluding hydrogens is 419 g/mol. The van der Waals surface area contributed by atoms with Crippen LogP contribution in [0.4, 0.5) is 4.39 Å². The lowest BCUT2D eigenvalue weighted by Gasteiger charge is -2.59. The monoisotopic (exact) mass is 456 g/mol. The molecule has 1 saturated heterocycles. The third-order valence-corrected chi connectivity index (χ3v) is 10.5. The molecule has 1 aliphatic heterocycles. The van der Waals surface area contributed by atoms with Crippen molar-refractivity contribution in [2.45, 2.75) is 107 Å². The summed E-state index contributed by atoms with van der Waals surface area (Å²) >= 11 is 0. The quantitative estimate of drug-likeness (QED) is 0.665. The van der Waals surface area contributed by atoms with Gasteiger partial charge in [-0.05, 0) is 94.8 Å². The molecule has 6 nitrogen and oxygen atoms in total. The van der Waals surface area contributed by atoms with Crippen LogP contribution in [0.25, 0.3) is 0 Å². The number of nitriles is 1. The van der Waals surface area contributed by atoms with Crippen molar-refractivity contribution in [3.63, 3.8) is 0 Å². The van der Waals surface area contributed by atoms with E-state index >= 15 is 0 Å². The van der Waals surface area contributed by atoms with E-state index in [1.54, 1.807) is 0 Å². The Kier molecular flexibility index (Phi) is 5.07. The second-order valence-corrected chi connectivity index (χ2v) is 12.6. The predicted octanol–water partition coefficient (Wildman–Crippen LogP) is 3.22. The molecule has 2 N–H and O–H groups in total. The Bertz CT molecular complexity index is 822. The van der Waals surface area contributed by atoms with Crippen molar-refractivity contribution in [3.05, 3.63) is 0 Å². The number of nitrogens with zero attached hydrogens (tertiary/aromatic N) is 2. The molecule has 7 aliphatic carbocycles. The van der Waals surface area contributed by atoms with Crippen LogP contribution >= 0.6 is 0 Å². The number of likely N-dealkylation sites (tertiary alicyclic amines) is 1. The van der Waals surface area contributed by atoms with Gasteiger partial charge in [0, 0.05) is 22.9 Å². The summed E-state index contributed by atoms with van der Waals surface area (Å²) in [5, 5.41) is 16.3. The average molecular weight is 457 g/mol. The molecule has 0 spiro atoms. The Hall–Kier alpha value is -1.68. The van der Waals surface area contributed by atoms with Gasteiger partial charge in [0.15, 0.2) is 0 Å². The van der Waals surface area contributed by atoms with Crippen LogP contribution in [0.5, 0.6) is 0 Å². The highest BCUT2D eigenvalue weighted by Gasteiger charge is 2.56. The van der Waals surface area contributed by atoms with Crippen LogP contribution in [-0.4, -0.2) is 53.1 Å². The van der Waals surface area contributed by atoms with E-state index in [9.17, 15) is 19.2 Å². The van der Waals surface area contributed by atoms with Gasteiger partial charge in [-0.15, -0.1) is 0 Å². The third-order valence-electron chi connectivity index (χ3n) is 10.5. The molecule has 0 aromatic carbocycles. The van der Waals surface area contributed by atoms with Crippen molar-refractivity contribution in [2.75, 3.05) is 13.1 Å². The zero-order chi connectivity index (χ0) is 22.8. The molecule has 33 heavy (non-hydrogen) atoms. The van der Waals surface area contributed by atoms with Gasteiger partial charge in [0.2, 0.25) is 11.8 Å². The van der Waals surface area contributed by atoms with Crippen LogP contribution in [0.1, 0.15) is 83.5 Å². The first-order valence-corrected chi connectivity index (χ1v) is 13.2. The summed E-state index contributed by atoms with van der Waals surface area (Å²) in [7, 11) is 0. The first kappa shape index (κ1) is 21.8. The largest absolute Gasteiger partial charge is 0.350 e. The van der Waals surface area contributed by atoms with E-state index in [0.717, 1.165) is 56.3 Å². The molecule has 6 bridgehead atoms. The lowest BCUT2D eigenvalue weighted by atomic mass is 9.52. The molecule has 0 aromatic heterocycles. The summed E-state index contributed by atoms with van der Waals surface area (Å²) in [5.41, 5.74) is -0.271. The summed E-state index contributed by atoms with van der Waals surface area (Å²) in [4.78, 5) is 27.7. The maximum absolute atomic E-state index is 13.7. The predicted molar refractivity (Wildman–Crippen MR) is 121 cm³/mol.